The van der Waals surface area contributed by atoms with Crippen LogP contribution in [0.2, 0.25) is 0 Å². The van der Waals surface area contributed by atoms with Crippen molar-refractivity contribution in [3.05, 3.63) is 77.3 Å². The van der Waals surface area contributed by atoms with Gasteiger partial charge in [-0.1, -0.05) is 12.5 Å². The predicted molar refractivity (Wildman–Crippen MR) is 159 cm³/mol. The molecule has 0 unspecified atom stereocenters. The van der Waals surface area contributed by atoms with Crippen molar-refractivity contribution < 1.29 is 23.8 Å². The largest absolute Gasteiger partial charge is 0.486 e. The maximum Gasteiger partial charge on any atom is 0.251 e. The summed E-state index contributed by atoms with van der Waals surface area (Å²) in [4.78, 5) is 38.1. The fraction of sp³-hybridized carbons (Fsp3) is 0.515. The highest BCUT2D eigenvalue weighted by atomic mass is 16.5. The third-order valence-electron chi connectivity index (χ3n) is 9.06. The summed E-state index contributed by atoms with van der Waals surface area (Å²) in [5.74, 6) is 2.34. The van der Waals surface area contributed by atoms with Crippen LogP contribution in [-0.2, 0) is 30.8 Å². The summed E-state index contributed by atoms with van der Waals surface area (Å²) in [7, 11) is 0. The van der Waals surface area contributed by atoms with Crippen molar-refractivity contribution in [2.45, 2.75) is 64.2 Å². The molecule has 10 heteroatoms. The Morgan fingerprint density at radius 2 is 1.95 bits per heavy atom. The molecule has 2 amide bonds. The van der Waals surface area contributed by atoms with E-state index in [1.165, 1.54) is 23.9 Å². The van der Waals surface area contributed by atoms with Crippen molar-refractivity contribution in [1.82, 2.24) is 25.1 Å². The molecule has 3 aromatic rings. The number of β-amino-alcohol motifs (C(OH)–C–C–N with tert-alkyl or cyclic N) is 1. The van der Waals surface area contributed by atoms with Crippen molar-refractivity contribution in [3.63, 3.8) is 0 Å². The summed E-state index contributed by atoms with van der Waals surface area (Å²) < 4.78 is 11.0. The van der Waals surface area contributed by atoms with Crippen molar-refractivity contribution in [2.75, 3.05) is 32.7 Å². The Labute approximate surface area is 252 Å². The monoisotopic (exact) mass is 587 g/mol. The van der Waals surface area contributed by atoms with Gasteiger partial charge in [0, 0.05) is 62.6 Å². The van der Waals surface area contributed by atoms with Gasteiger partial charge in [0.2, 0.25) is 5.91 Å². The number of carbonyl (C=O) groups is 2. The molecule has 10 nitrogen and oxygen atoms in total. The Balaban J connectivity index is 0.923. The SMILES string of the molecule is O=C(NC[C@H](O)CN1CCc2cc(OCc3cnco3)ccc2C1)c1ccnc(CC2CCN(C(=O)C3CCC3)CC2)c1. The molecule has 3 aliphatic rings. The van der Waals surface area contributed by atoms with Gasteiger partial charge >= 0.3 is 0 Å². The Hall–Kier alpha value is -3.76. The van der Waals surface area contributed by atoms with Crippen LogP contribution in [0.5, 0.6) is 5.75 Å². The van der Waals surface area contributed by atoms with E-state index >= 15 is 0 Å². The molecule has 1 atom stereocenters. The molecule has 1 saturated carbocycles. The van der Waals surface area contributed by atoms with Crippen LogP contribution in [0.25, 0.3) is 0 Å². The lowest BCUT2D eigenvalue weighted by Gasteiger charge is -2.36. The number of aliphatic hydroxyl groups is 1. The number of aromatic nitrogens is 2. The number of hydrogen-bond acceptors (Lipinski definition) is 8. The molecule has 228 valence electrons. The third-order valence-corrected chi connectivity index (χ3v) is 9.06. The second kappa shape index (κ2) is 13.7. The summed E-state index contributed by atoms with van der Waals surface area (Å²) >= 11 is 0. The highest BCUT2D eigenvalue weighted by Gasteiger charge is 2.31. The van der Waals surface area contributed by atoms with Crippen LogP contribution < -0.4 is 10.1 Å². The lowest BCUT2D eigenvalue weighted by Crippen LogP contribution is -2.43. The van der Waals surface area contributed by atoms with E-state index < -0.39 is 6.10 Å². The van der Waals surface area contributed by atoms with Crippen LogP contribution in [0, 0.1) is 11.8 Å². The zero-order valence-electron chi connectivity index (χ0n) is 24.6. The molecule has 1 saturated heterocycles. The van der Waals surface area contributed by atoms with Crippen LogP contribution in [0.3, 0.4) is 0 Å². The molecule has 0 radical (unpaired) electrons. The number of hydrogen-bond donors (Lipinski definition) is 2. The summed E-state index contributed by atoms with van der Waals surface area (Å²) in [5.41, 5.74) is 3.92. The first kappa shape index (κ1) is 29.3. The Bertz CT molecular complexity index is 1380. The van der Waals surface area contributed by atoms with Gasteiger partial charge in [-0.15, -0.1) is 0 Å². The Kier molecular flexibility index (Phi) is 9.33. The minimum Gasteiger partial charge on any atom is -0.486 e. The van der Waals surface area contributed by atoms with Crippen molar-refractivity contribution in [1.29, 1.82) is 0 Å². The lowest BCUT2D eigenvalue weighted by atomic mass is 9.83. The van der Waals surface area contributed by atoms with Crippen LogP contribution >= 0.6 is 0 Å². The van der Waals surface area contributed by atoms with Crippen LogP contribution in [-0.4, -0.2) is 75.5 Å². The van der Waals surface area contributed by atoms with Crippen molar-refractivity contribution in [2.24, 2.45) is 11.8 Å². The average molecular weight is 588 g/mol. The number of ether oxygens (including phenoxy) is 1. The van der Waals surface area contributed by atoms with Crippen LogP contribution in [0.1, 0.15) is 65.0 Å². The molecular weight excluding hydrogens is 546 g/mol. The Morgan fingerprint density at radius 3 is 2.72 bits per heavy atom. The molecule has 2 aromatic heterocycles. The molecule has 0 spiro atoms. The van der Waals surface area contributed by atoms with E-state index in [2.05, 4.69) is 32.3 Å². The van der Waals surface area contributed by atoms with E-state index in [0.29, 0.717) is 36.3 Å². The maximum atomic E-state index is 12.9. The second-order valence-corrected chi connectivity index (χ2v) is 12.2. The van der Waals surface area contributed by atoms with Gasteiger partial charge in [-0.3, -0.25) is 19.5 Å². The first-order chi connectivity index (χ1) is 21.0. The maximum absolute atomic E-state index is 12.9. The zero-order valence-corrected chi connectivity index (χ0v) is 24.6. The van der Waals surface area contributed by atoms with Gasteiger partial charge in [0.05, 0.1) is 12.3 Å². The van der Waals surface area contributed by atoms with E-state index in [1.54, 1.807) is 18.5 Å². The molecule has 2 fully saturated rings. The number of fused-ring (bicyclic) bond motifs is 1. The predicted octanol–water partition coefficient (Wildman–Crippen LogP) is 3.38. The number of piperidine rings is 1. The third kappa shape index (κ3) is 7.61. The second-order valence-electron chi connectivity index (χ2n) is 12.2. The molecular formula is C33H41N5O5. The number of pyridine rings is 1. The highest BCUT2D eigenvalue weighted by molar-refractivity contribution is 5.94. The van der Waals surface area contributed by atoms with Gasteiger partial charge in [-0.25, -0.2) is 4.98 Å². The highest BCUT2D eigenvalue weighted by Crippen LogP contribution is 2.30. The van der Waals surface area contributed by atoms with E-state index in [1.807, 2.05) is 17.0 Å². The summed E-state index contributed by atoms with van der Waals surface area (Å²) in [6, 6.07) is 9.68. The molecule has 43 heavy (non-hydrogen) atoms. The van der Waals surface area contributed by atoms with Crippen LogP contribution in [0.4, 0.5) is 0 Å². The zero-order chi connectivity index (χ0) is 29.6. The quantitative estimate of drug-likeness (QED) is 0.350. The van der Waals surface area contributed by atoms with E-state index in [0.717, 1.165) is 76.1 Å². The molecule has 4 heterocycles. The molecule has 0 bridgehead atoms. The number of nitrogens with zero attached hydrogens (tertiary/aromatic N) is 4. The van der Waals surface area contributed by atoms with Crippen molar-refractivity contribution >= 4 is 11.8 Å². The van der Waals surface area contributed by atoms with Gasteiger partial charge < -0.3 is 24.5 Å². The van der Waals surface area contributed by atoms with Gasteiger partial charge in [-0.05, 0) is 79.8 Å². The first-order valence-electron chi connectivity index (χ1n) is 15.5. The van der Waals surface area contributed by atoms with E-state index in [9.17, 15) is 14.7 Å². The van der Waals surface area contributed by atoms with Gasteiger partial charge in [-0.2, -0.15) is 0 Å². The topological polar surface area (TPSA) is 121 Å². The fourth-order valence-electron chi connectivity index (χ4n) is 6.27. The average Bonchev–Trinajstić information content (AvgIpc) is 3.52. The fourth-order valence-corrected chi connectivity index (χ4v) is 6.27. The number of rotatable bonds is 11. The number of benzene rings is 1. The minimum absolute atomic E-state index is 0.182. The van der Waals surface area contributed by atoms with Gasteiger partial charge in [0.25, 0.3) is 5.91 Å². The molecule has 1 aromatic carbocycles. The summed E-state index contributed by atoms with van der Waals surface area (Å²) in [6.07, 6.45) is 10.9. The normalized spacial score (nSPS) is 18.5. The van der Waals surface area contributed by atoms with E-state index in [-0.39, 0.29) is 18.4 Å². The Morgan fingerprint density at radius 1 is 1.09 bits per heavy atom. The number of oxazole rings is 1. The standard InChI is InChI=1S/C33H41N5O5/c39-29(20-37-11-9-25-16-30(5-4-27(25)19-37)42-21-31-18-34-22-43-31)17-36-32(40)26-6-10-35-28(15-26)14-23-7-12-38(13-8-23)33(41)24-2-1-3-24/h4-6,10,15-16,18,22-24,29,39H,1-3,7-9,11-14,17,19-21H2,(H,36,40)/t29-/m0/s1. The number of carbonyl (C=O) groups excluding carboxylic acids is 2. The molecule has 2 aliphatic heterocycles. The van der Waals surface area contributed by atoms with Gasteiger partial charge in [0.1, 0.15) is 12.4 Å². The number of nitrogens with one attached hydrogen (secondary N) is 1. The summed E-state index contributed by atoms with van der Waals surface area (Å²) in [5, 5.41) is 13.6. The smallest absolute Gasteiger partial charge is 0.251 e. The number of likely N-dealkylation sites (tertiary alicyclic amines) is 1. The van der Waals surface area contributed by atoms with Crippen molar-refractivity contribution in [3.8, 4) is 5.75 Å². The summed E-state index contributed by atoms with van der Waals surface area (Å²) in [6.45, 7) is 4.21. The minimum atomic E-state index is -0.677. The van der Waals surface area contributed by atoms with Crippen LogP contribution in [0.15, 0.2) is 53.5 Å². The number of aliphatic hydroxyl groups excluding tert-OH is 1. The first-order valence-corrected chi connectivity index (χ1v) is 15.5. The molecule has 6 rings (SSSR count). The lowest BCUT2D eigenvalue weighted by molar-refractivity contribution is -0.139. The molecule has 1 aliphatic carbocycles. The van der Waals surface area contributed by atoms with Gasteiger partial charge in [0.15, 0.2) is 12.2 Å². The molecule has 2 N–H and O–H groups in total. The number of amides is 2. The van der Waals surface area contributed by atoms with E-state index in [4.69, 9.17) is 9.15 Å².